The summed E-state index contributed by atoms with van der Waals surface area (Å²) in [6, 6.07) is 9.12. The zero-order valence-electron chi connectivity index (χ0n) is 18.9. The maximum absolute atomic E-state index is 12.9. The van der Waals surface area contributed by atoms with E-state index in [0.29, 0.717) is 18.0 Å². The van der Waals surface area contributed by atoms with E-state index >= 15 is 0 Å². The number of nitrogens with zero attached hydrogens (tertiary/aromatic N) is 4. The maximum atomic E-state index is 12.9. The lowest BCUT2D eigenvalue weighted by Gasteiger charge is -2.42. The van der Waals surface area contributed by atoms with Crippen LogP contribution < -0.4 is 10.2 Å². The van der Waals surface area contributed by atoms with Gasteiger partial charge in [-0.05, 0) is 45.4 Å². The van der Waals surface area contributed by atoms with E-state index < -0.39 is 0 Å². The number of H-pyrrole nitrogens is 2. The molecule has 3 heterocycles. The number of aromatic amines is 2. The summed E-state index contributed by atoms with van der Waals surface area (Å²) in [6.07, 6.45) is 4.71. The second kappa shape index (κ2) is 9.09. The monoisotopic (exact) mass is 423 g/mol. The molecule has 0 spiro atoms. The summed E-state index contributed by atoms with van der Waals surface area (Å²) < 4.78 is 0. The van der Waals surface area contributed by atoms with Gasteiger partial charge in [-0.2, -0.15) is 0 Å². The van der Waals surface area contributed by atoms with E-state index in [-0.39, 0.29) is 17.8 Å². The third-order valence-corrected chi connectivity index (χ3v) is 6.46. The fraction of sp³-hybridized carbons (Fsp3) is 0.522. The topological polar surface area (TPSA) is 92.9 Å². The summed E-state index contributed by atoms with van der Waals surface area (Å²) in [4.78, 5) is 23.9. The van der Waals surface area contributed by atoms with Crippen LogP contribution in [0.5, 0.6) is 0 Å². The van der Waals surface area contributed by atoms with E-state index in [1.165, 1.54) is 10.9 Å². The van der Waals surface area contributed by atoms with Gasteiger partial charge in [0.05, 0.1) is 0 Å². The first-order valence-corrected chi connectivity index (χ1v) is 11.2. The number of amides is 1. The van der Waals surface area contributed by atoms with Crippen molar-refractivity contribution in [2.75, 3.05) is 25.0 Å². The van der Waals surface area contributed by atoms with Crippen molar-refractivity contribution >= 4 is 22.8 Å². The number of rotatable bonds is 7. The van der Waals surface area contributed by atoms with Crippen LogP contribution in [0.15, 0.2) is 30.5 Å². The summed E-state index contributed by atoms with van der Waals surface area (Å²) in [6.45, 7) is 8.25. The number of nitrogens with one attached hydrogen (secondary N) is 3. The lowest BCUT2D eigenvalue weighted by Crippen LogP contribution is -2.55. The maximum Gasteiger partial charge on any atom is 0.289 e. The highest BCUT2D eigenvalue weighted by Gasteiger charge is 2.29. The highest BCUT2D eigenvalue weighted by Crippen LogP contribution is 2.21. The van der Waals surface area contributed by atoms with Gasteiger partial charge >= 0.3 is 0 Å². The molecule has 1 saturated heterocycles. The van der Waals surface area contributed by atoms with E-state index in [9.17, 15) is 4.79 Å². The van der Waals surface area contributed by atoms with Crippen LogP contribution in [0, 0.1) is 0 Å². The fourth-order valence-corrected chi connectivity index (χ4v) is 4.47. The van der Waals surface area contributed by atoms with E-state index in [1.807, 2.05) is 18.3 Å². The minimum atomic E-state index is -0.202. The second-order valence-electron chi connectivity index (χ2n) is 8.79. The molecule has 1 aromatic carbocycles. The van der Waals surface area contributed by atoms with E-state index in [0.717, 1.165) is 37.9 Å². The van der Waals surface area contributed by atoms with Gasteiger partial charge in [-0.3, -0.25) is 9.69 Å². The minimum Gasteiger partial charge on any atom is -0.361 e. The van der Waals surface area contributed by atoms with Gasteiger partial charge in [-0.25, -0.2) is 0 Å². The summed E-state index contributed by atoms with van der Waals surface area (Å²) in [7, 11) is 2.15. The van der Waals surface area contributed by atoms with Gasteiger partial charge < -0.3 is 20.2 Å². The molecule has 0 bridgehead atoms. The molecule has 0 aliphatic carbocycles. The molecule has 31 heavy (non-hydrogen) atoms. The molecule has 3 aromatic rings. The van der Waals surface area contributed by atoms with Crippen LogP contribution in [0.4, 0.5) is 5.95 Å². The number of para-hydroxylation sites is 1. The first-order chi connectivity index (χ1) is 15.0. The Kier molecular flexibility index (Phi) is 6.27. The predicted octanol–water partition coefficient (Wildman–Crippen LogP) is 2.96. The molecule has 1 fully saturated rings. The zero-order chi connectivity index (χ0) is 22.0. The quantitative estimate of drug-likeness (QED) is 0.543. The van der Waals surface area contributed by atoms with E-state index in [2.05, 4.69) is 75.2 Å². The van der Waals surface area contributed by atoms with Crippen molar-refractivity contribution in [3.8, 4) is 0 Å². The van der Waals surface area contributed by atoms with E-state index in [4.69, 9.17) is 0 Å². The number of hydrogen-bond donors (Lipinski definition) is 3. The Bertz CT molecular complexity index is 1010. The first kappa shape index (κ1) is 21.4. The molecular weight excluding hydrogens is 390 g/mol. The smallest absolute Gasteiger partial charge is 0.289 e. The molecule has 3 atom stereocenters. The molecule has 2 aromatic heterocycles. The van der Waals surface area contributed by atoms with Crippen LogP contribution in [-0.2, 0) is 6.42 Å². The Hall–Kier alpha value is -2.87. The van der Waals surface area contributed by atoms with Crippen molar-refractivity contribution in [1.82, 2.24) is 30.4 Å². The van der Waals surface area contributed by atoms with Crippen LogP contribution in [0.1, 0.15) is 49.8 Å². The highest BCUT2D eigenvalue weighted by atomic mass is 16.2. The van der Waals surface area contributed by atoms with E-state index in [1.54, 1.807) is 0 Å². The number of likely N-dealkylation sites (N-methyl/N-ethyl adjacent to an activating group) is 1. The molecule has 1 amide bonds. The van der Waals surface area contributed by atoms with Crippen molar-refractivity contribution < 1.29 is 4.79 Å². The molecule has 1 unspecified atom stereocenters. The lowest BCUT2D eigenvalue weighted by atomic mass is 10.0. The molecule has 0 saturated carbocycles. The van der Waals surface area contributed by atoms with Crippen molar-refractivity contribution in [1.29, 1.82) is 0 Å². The third-order valence-electron chi connectivity index (χ3n) is 6.46. The van der Waals surface area contributed by atoms with Crippen molar-refractivity contribution in [3.05, 3.63) is 41.9 Å². The van der Waals surface area contributed by atoms with Crippen molar-refractivity contribution in [2.45, 2.75) is 58.2 Å². The Morgan fingerprint density at radius 2 is 1.97 bits per heavy atom. The van der Waals surface area contributed by atoms with Crippen LogP contribution in [0.25, 0.3) is 10.9 Å². The number of benzene rings is 1. The summed E-state index contributed by atoms with van der Waals surface area (Å²) in [5.74, 6) is 0.738. The fourth-order valence-electron chi connectivity index (χ4n) is 4.47. The zero-order valence-corrected chi connectivity index (χ0v) is 18.9. The summed E-state index contributed by atoms with van der Waals surface area (Å²) in [5.41, 5.74) is 2.34. The number of carbonyl (C=O) groups is 1. The normalized spacial score (nSPS) is 20.8. The lowest BCUT2D eigenvalue weighted by molar-refractivity contribution is 0.0924. The number of anilines is 1. The molecule has 0 radical (unpaired) electrons. The molecule has 8 heteroatoms. The van der Waals surface area contributed by atoms with Gasteiger partial charge in [-0.15, -0.1) is 10.2 Å². The average molecular weight is 424 g/mol. The predicted molar refractivity (Wildman–Crippen MR) is 123 cm³/mol. The van der Waals surface area contributed by atoms with Gasteiger partial charge in [0.1, 0.15) is 0 Å². The third kappa shape index (κ3) is 4.58. The SMILES string of the molecule is CCCC(Cc1c[nH]c2ccccc12)NC(=O)c1nnc(N2C[C@@H](C)N(C)[C@H](C)C2)[nH]1. The molecule has 1 aliphatic rings. The standard InChI is InChI=1S/C23H33N7O/c1-5-8-18(11-17-12-24-20-10-7-6-9-19(17)20)25-22(31)21-26-23(28-27-21)30-13-15(2)29(4)16(3)14-30/h6-7,9-10,12,15-16,18,24H,5,8,11,13-14H2,1-4H3,(H,25,31)(H,26,27,28)/t15-,16-,18?/m1/s1. The summed E-state index contributed by atoms with van der Waals surface area (Å²) in [5, 5.41) is 12.8. The molecular formula is C23H33N7O. The average Bonchev–Trinajstić information content (AvgIpc) is 3.40. The highest BCUT2D eigenvalue weighted by molar-refractivity contribution is 5.91. The van der Waals surface area contributed by atoms with Gasteiger partial charge in [-0.1, -0.05) is 31.5 Å². The van der Waals surface area contributed by atoms with Crippen LogP contribution in [0.2, 0.25) is 0 Å². The van der Waals surface area contributed by atoms with Crippen LogP contribution in [-0.4, -0.2) is 69.2 Å². The van der Waals surface area contributed by atoms with Gasteiger partial charge in [0.15, 0.2) is 0 Å². The number of carbonyl (C=O) groups excluding carboxylic acids is 1. The Balaban J connectivity index is 1.43. The van der Waals surface area contributed by atoms with Crippen LogP contribution in [0.3, 0.4) is 0 Å². The summed E-state index contributed by atoms with van der Waals surface area (Å²) >= 11 is 0. The van der Waals surface area contributed by atoms with Gasteiger partial charge in [0, 0.05) is 48.3 Å². The minimum absolute atomic E-state index is 0.0361. The molecule has 1 aliphatic heterocycles. The number of fused-ring (bicyclic) bond motifs is 1. The second-order valence-corrected chi connectivity index (χ2v) is 8.79. The molecule has 166 valence electrons. The van der Waals surface area contributed by atoms with Crippen LogP contribution >= 0.6 is 0 Å². The number of hydrogen-bond acceptors (Lipinski definition) is 5. The van der Waals surface area contributed by atoms with Crippen molar-refractivity contribution in [3.63, 3.8) is 0 Å². The Labute approximate surface area is 183 Å². The molecule has 3 N–H and O–H groups in total. The largest absolute Gasteiger partial charge is 0.361 e. The molecule has 4 rings (SSSR count). The van der Waals surface area contributed by atoms with Crippen molar-refractivity contribution in [2.24, 2.45) is 0 Å². The Morgan fingerprint density at radius 3 is 2.71 bits per heavy atom. The number of aromatic nitrogens is 4. The Morgan fingerprint density at radius 1 is 1.23 bits per heavy atom. The first-order valence-electron chi connectivity index (χ1n) is 11.2. The van der Waals surface area contributed by atoms with Gasteiger partial charge in [0.2, 0.25) is 11.8 Å². The molecule has 8 nitrogen and oxygen atoms in total. The number of piperazine rings is 1. The van der Waals surface area contributed by atoms with Gasteiger partial charge in [0.25, 0.3) is 5.91 Å².